The molecule has 0 saturated heterocycles. The van der Waals surface area contributed by atoms with E-state index in [9.17, 15) is 8.42 Å². The molecule has 0 aliphatic carbocycles. The summed E-state index contributed by atoms with van der Waals surface area (Å²) in [5, 5.41) is 1.69. The first kappa shape index (κ1) is 12.9. The average Bonchev–Trinajstić information content (AvgIpc) is 3.10. The maximum atomic E-state index is 12.0. The Bertz CT molecular complexity index is 793. The number of oxazole rings is 1. The topological polar surface area (TPSA) is 72.2 Å². The summed E-state index contributed by atoms with van der Waals surface area (Å²) in [6, 6.07) is 12.5. The van der Waals surface area contributed by atoms with Gasteiger partial charge in [0.25, 0.3) is 10.0 Å². The number of hydrogen-bond acceptors (Lipinski definition) is 5. The highest BCUT2D eigenvalue weighted by atomic mass is 32.2. The number of anilines is 1. The van der Waals surface area contributed by atoms with E-state index in [1.54, 1.807) is 11.4 Å². The highest BCUT2D eigenvalue weighted by Crippen LogP contribution is 2.24. The minimum Gasteiger partial charge on any atom is -0.423 e. The normalized spacial score (nSPS) is 11.4. The molecule has 0 spiro atoms. The van der Waals surface area contributed by atoms with Crippen molar-refractivity contribution in [2.75, 3.05) is 4.72 Å². The Morgan fingerprint density at radius 1 is 1.10 bits per heavy atom. The summed E-state index contributed by atoms with van der Waals surface area (Å²) >= 11 is 1.13. The molecule has 3 rings (SSSR count). The standard InChI is InChI=1S/C13H10N2O3S2/c16-20(17,12-7-4-8-19-12)15-13-14-9-11(18-13)10-5-2-1-3-6-10/h1-9H,(H,14,15). The molecule has 1 N–H and O–H groups in total. The lowest BCUT2D eigenvalue weighted by atomic mass is 10.2. The fourth-order valence-corrected chi connectivity index (χ4v) is 3.57. The number of nitrogens with one attached hydrogen (secondary N) is 1. The summed E-state index contributed by atoms with van der Waals surface area (Å²) in [5.74, 6) is 0.509. The van der Waals surface area contributed by atoms with Crippen LogP contribution in [0.5, 0.6) is 0 Å². The lowest BCUT2D eigenvalue weighted by molar-refractivity contribution is 0.580. The second-order valence-electron chi connectivity index (χ2n) is 3.93. The maximum Gasteiger partial charge on any atom is 0.309 e. The van der Waals surface area contributed by atoms with Crippen LogP contribution in [0.1, 0.15) is 0 Å². The lowest BCUT2D eigenvalue weighted by Crippen LogP contribution is -2.11. The van der Waals surface area contributed by atoms with Crippen molar-refractivity contribution in [2.45, 2.75) is 4.21 Å². The second-order valence-corrected chi connectivity index (χ2v) is 6.79. The molecule has 0 atom stereocenters. The molecule has 0 bridgehead atoms. The van der Waals surface area contributed by atoms with Gasteiger partial charge >= 0.3 is 6.01 Å². The van der Waals surface area contributed by atoms with E-state index in [-0.39, 0.29) is 10.2 Å². The van der Waals surface area contributed by atoms with Crippen LogP contribution in [-0.4, -0.2) is 13.4 Å². The molecule has 0 unspecified atom stereocenters. The Kier molecular flexibility index (Phi) is 3.29. The van der Waals surface area contributed by atoms with Crippen LogP contribution in [0.3, 0.4) is 0 Å². The average molecular weight is 306 g/mol. The fraction of sp³-hybridized carbons (Fsp3) is 0. The van der Waals surface area contributed by atoms with Crippen LogP contribution in [0.2, 0.25) is 0 Å². The van der Waals surface area contributed by atoms with Gasteiger partial charge in [0.15, 0.2) is 5.76 Å². The summed E-state index contributed by atoms with van der Waals surface area (Å²) in [5.41, 5.74) is 0.835. The molecule has 0 amide bonds. The zero-order valence-corrected chi connectivity index (χ0v) is 11.8. The van der Waals surface area contributed by atoms with E-state index in [0.29, 0.717) is 5.76 Å². The largest absolute Gasteiger partial charge is 0.423 e. The predicted molar refractivity (Wildman–Crippen MR) is 77.1 cm³/mol. The summed E-state index contributed by atoms with van der Waals surface area (Å²) < 4.78 is 32.0. The van der Waals surface area contributed by atoms with Gasteiger partial charge in [-0.05, 0) is 11.4 Å². The predicted octanol–water partition coefficient (Wildman–Crippen LogP) is 3.20. The summed E-state index contributed by atoms with van der Waals surface area (Å²) in [7, 11) is -3.63. The van der Waals surface area contributed by atoms with Gasteiger partial charge in [-0.1, -0.05) is 36.4 Å². The highest BCUT2D eigenvalue weighted by molar-refractivity contribution is 7.94. The monoisotopic (exact) mass is 306 g/mol. The fourth-order valence-electron chi connectivity index (χ4n) is 1.64. The van der Waals surface area contributed by atoms with E-state index in [1.807, 2.05) is 30.3 Å². The molecule has 3 aromatic rings. The van der Waals surface area contributed by atoms with Gasteiger partial charge in [0.2, 0.25) is 0 Å². The number of nitrogens with zero attached hydrogens (tertiary/aromatic N) is 1. The molecular formula is C13H10N2O3S2. The number of thiophene rings is 1. The first-order valence-corrected chi connectivity index (χ1v) is 8.09. The van der Waals surface area contributed by atoms with Crippen molar-refractivity contribution in [3.8, 4) is 11.3 Å². The summed E-state index contributed by atoms with van der Waals surface area (Å²) in [6.45, 7) is 0. The van der Waals surface area contributed by atoms with Crippen molar-refractivity contribution >= 4 is 27.4 Å². The zero-order valence-electron chi connectivity index (χ0n) is 10.2. The maximum absolute atomic E-state index is 12.0. The second kappa shape index (κ2) is 5.10. The van der Waals surface area contributed by atoms with Crippen molar-refractivity contribution in [1.82, 2.24) is 4.98 Å². The Morgan fingerprint density at radius 2 is 1.90 bits per heavy atom. The Balaban J connectivity index is 1.85. The van der Waals surface area contributed by atoms with Gasteiger partial charge in [0.05, 0.1) is 6.20 Å². The molecule has 102 valence electrons. The van der Waals surface area contributed by atoms with Gasteiger partial charge in [-0.3, -0.25) is 0 Å². The van der Waals surface area contributed by atoms with Crippen LogP contribution in [-0.2, 0) is 10.0 Å². The summed E-state index contributed by atoms with van der Waals surface area (Å²) in [6.07, 6.45) is 1.49. The summed E-state index contributed by atoms with van der Waals surface area (Å²) in [4.78, 5) is 3.94. The quantitative estimate of drug-likeness (QED) is 0.803. The van der Waals surface area contributed by atoms with Crippen LogP contribution in [0, 0.1) is 0 Å². The van der Waals surface area contributed by atoms with Gasteiger partial charge in [-0.2, -0.15) is 0 Å². The molecule has 1 aromatic carbocycles. The molecule has 0 aliphatic rings. The molecule has 20 heavy (non-hydrogen) atoms. The third-order valence-corrected chi connectivity index (χ3v) is 5.26. The smallest absolute Gasteiger partial charge is 0.309 e. The van der Waals surface area contributed by atoms with Crippen molar-refractivity contribution in [2.24, 2.45) is 0 Å². The van der Waals surface area contributed by atoms with E-state index < -0.39 is 10.0 Å². The van der Waals surface area contributed by atoms with Crippen molar-refractivity contribution in [3.05, 3.63) is 54.0 Å². The zero-order chi connectivity index (χ0) is 14.0. The molecule has 2 aromatic heterocycles. The number of hydrogen-bond donors (Lipinski definition) is 1. The first-order valence-electron chi connectivity index (χ1n) is 5.73. The van der Waals surface area contributed by atoms with E-state index in [1.165, 1.54) is 12.3 Å². The molecular weight excluding hydrogens is 296 g/mol. The number of aromatic nitrogens is 1. The van der Waals surface area contributed by atoms with Gasteiger partial charge < -0.3 is 4.42 Å². The minimum atomic E-state index is -3.63. The van der Waals surface area contributed by atoms with E-state index in [4.69, 9.17) is 4.42 Å². The van der Waals surface area contributed by atoms with Crippen LogP contribution < -0.4 is 4.72 Å². The van der Waals surface area contributed by atoms with Crippen LogP contribution >= 0.6 is 11.3 Å². The third kappa shape index (κ3) is 2.59. The molecule has 0 fully saturated rings. The molecule has 0 radical (unpaired) electrons. The molecule has 0 saturated carbocycles. The van der Waals surface area contributed by atoms with Gasteiger partial charge in [0.1, 0.15) is 4.21 Å². The molecule has 5 nitrogen and oxygen atoms in total. The SMILES string of the molecule is O=S(=O)(Nc1ncc(-c2ccccc2)o1)c1cccs1. The van der Waals surface area contributed by atoms with Crippen molar-refractivity contribution in [1.29, 1.82) is 0 Å². The molecule has 0 aliphatic heterocycles. The van der Waals surface area contributed by atoms with Crippen molar-refractivity contribution in [3.63, 3.8) is 0 Å². The lowest BCUT2D eigenvalue weighted by Gasteiger charge is -2.01. The van der Waals surface area contributed by atoms with Crippen LogP contribution in [0.25, 0.3) is 11.3 Å². The van der Waals surface area contributed by atoms with Crippen LogP contribution in [0.15, 0.2) is 62.7 Å². The highest BCUT2D eigenvalue weighted by Gasteiger charge is 2.18. The molecule has 2 heterocycles. The van der Waals surface area contributed by atoms with E-state index in [2.05, 4.69) is 9.71 Å². The van der Waals surface area contributed by atoms with Gasteiger partial charge in [0, 0.05) is 5.56 Å². The van der Waals surface area contributed by atoms with E-state index >= 15 is 0 Å². The van der Waals surface area contributed by atoms with E-state index in [0.717, 1.165) is 16.9 Å². The van der Waals surface area contributed by atoms with Crippen LogP contribution in [0.4, 0.5) is 6.01 Å². The Hall–Kier alpha value is -2.12. The number of rotatable bonds is 4. The number of benzene rings is 1. The van der Waals surface area contributed by atoms with Crippen molar-refractivity contribution < 1.29 is 12.8 Å². The molecule has 7 heteroatoms. The minimum absolute atomic E-state index is 0.0442. The Morgan fingerprint density at radius 3 is 2.60 bits per heavy atom. The Labute approximate surface area is 120 Å². The first-order chi connectivity index (χ1) is 9.65. The third-order valence-electron chi connectivity index (χ3n) is 2.55. The van der Waals surface area contributed by atoms with Gasteiger partial charge in [-0.15, -0.1) is 11.3 Å². The van der Waals surface area contributed by atoms with Gasteiger partial charge in [-0.25, -0.2) is 18.1 Å². The number of sulfonamides is 1.